The minimum atomic E-state index is -0.497. The third-order valence-electron chi connectivity index (χ3n) is 3.20. The zero-order valence-corrected chi connectivity index (χ0v) is 12.0. The Kier molecular flexibility index (Phi) is 5.00. The first kappa shape index (κ1) is 14.8. The minimum Gasteiger partial charge on any atom is -0.468 e. The van der Waals surface area contributed by atoms with Crippen LogP contribution in [0, 0.1) is 5.82 Å². The lowest BCUT2D eigenvalue weighted by atomic mass is 10.2. The number of halogens is 1. The van der Waals surface area contributed by atoms with Crippen molar-refractivity contribution in [2.24, 2.45) is 0 Å². The number of carbonyl (C=O) groups is 2. The normalized spacial score (nSPS) is 18.1. The van der Waals surface area contributed by atoms with Crippen molar-refractivity contribution in [2.75, 3.05) is 26.0 Å². The number of rotatable bonds is 4. The molecule has 0 spiro atoms. The summed E-state index contributed by atoms with van der Waals surface area (Å²) in [4.78, 5) is 24.9. The van der Waals surface area contributed by atoms with Crippen LogP contribution in [0.4, 0.5) is 4.39 Å². The first-order valence-corrected chi connectivity index (χ1v) is 7.39. The van der Waals surface area contributed by atoms with E-state index in [1.807, 2.05) is 0 Å². The van der Waals surface area contributed by atoms with Gasteiger partial charge >= 0.3 is 5.97 Å². The molecule has 0 N–H and O–H groups in total. The number of methoxy groups -OCH3 is 1. The summed E-state index contributed by atoms with van der Waals surface area (Å²) in [7, 11) is 1.35. The Hall–Kier alpha value is -1.56. The van der Waals surface area contributed by atoms with Crippen molar-refractivity contribution >= 4 is 23.6 Å². The molecule has 0 aromatic heterocycles. The van der Waals surface area contributed by atoms with E-state index >= 15 is 0 Å². The first-order chi connectivity index (χ1) is 9.61. The molecule has 1 unspecified atom stereocenters. The second kappa shape index (κ2) is 6.74. The fourth-order valence-electron chi connectivity index (χ4n) is 2.10. The molecule has 4 nitrogen and oxygen atoms in total. The highest BCUT2D eigenvalue weighted by Crippen LogP contribution is 2.24. The molecule has 1 aliphatic heterocycles. The Morgan fingerprint density at radius 3 is 2.90 bits per heavy atom. The molecule has 1 aromatic carbocycles. The summed E-state index contributed by atoms with van der Waals surface area (Å²) in [5, 5.41) is 0.199. The van der Waals surface area contributed by atoms with E-state index in [0.717, 1.165) is 6.42 Å². The fourth-order valence-corrected chi connectivity index (χ4v) is 3.15. The van der Waals surface area contributed by atoms with Crippen LogP contribution in [0.5, 0.6) is 0 Å². The first-order valence-electron chi connectivity index (χ1n) is 6.34. The number of ether oxygens (including phenoxy) is 1. The molecule has 0 aliphatic carbocycles. The summed E-state index contributed by atoms with van der Waals surface area (Å²) < 4.78 is 18.2. The maximum absolute atomic E-state index is 13.6. The Morgan fingerprint density at radius 2 is 2.20 bits per heavy atom. The lowest BCUT2D eigenvalue weighted by Crippen LogP contribution is -2.30. The average molecular weight is 297 g/mol. The van der Waals surface area contributed by atoms with E-state index in [1.165, 1.54) is 31.0 Å². The molecule has 6 heteroatoms. The predicted molar refractivity (Wildman–Crippen MR) is 75.2 cm³/mol. The average Bonchev–Trinajstić information content (AvgIpc) is 2.93. The SMILES string of the molecule is COC(=O)CSC1CCN(C(=O)c2ccccc2F)C1. The highest BCUT2D eigenvalue weighted by molar-refractivity contribution is 8.00. The van der Waals surface area contributed by atoms with Crippen LogP contribution in [-0.2, 0) is 9.53 Å². The van der Waals surface area contributed by atoms with Gasteiger partial charge in [0.25, 0.3) is 5.91 Å². The Balaban J connectivity index is 1.91. The van der Waals surface area contributed by atoms with E-state index in [9.17, 15) is 14.0 Å². The third kappa shape index (κ3) is 3.50. The van der Waals surface area contributed by atoms with Crippen molar-refractivity contribution in [3.63, 3.8) is 0 Å². The Labute approximate surface area is 121 Å². The molecule has 0 bridgehead atoms. The number of likely N-dealkylation sites (tertiary alicyclic amines) is 1. The largest absolute Gasteiger partial charge is 0.468 e. The lowest BCUT2D eigenvalue weighted by molar-refractivity contribution is -0.137. The monoisotopic (exact) mass is 297 g/mol. The molecule has 1 saturated heterocycles. The summed E-state index contributed by atoms with van der Waals surface area (Å²) in [6.45, 7) is 1.13. The van der Waals surface area contributed by atoms with Gasteiger partial charge in [-0.15, -0.1) is 11.8 Å². The van der Waals surface area contributed by atoms with Gasteiger partial charge in [-0.05, 0) is 18.6 Å². The van der Waals surface area contributed by atoms with Gasteiger partial charge in [-0.25, -0.2) is 4.39 Å². The number of thioether (sulfide) groups is 1. The minimum absolute atomic E-state index is 0.103. The molecule has 0 radical (unpaired) electrons. The van der Waals surface area contributed by atoms with Crippen molar-refractivity contribution in [1.82, 2.24) is 4.90 Å². The van der Waals surface area contributed by atoms with Gasteiger partial charge in [0.1, 0.15) is 5.82 Å². The summed E-state index contributed by atoms with van der Waals surface area (Å²) in [5.74, 6) is -0.774. The number of hydrogen-bond donors (Lipinski definition) is 0. The zero-order chi connectivity index (χ0) is 14.5. The van der Waals surface area contributed by atoms with Crippen molar-refractivity contribution < 1.29 is 18.7 Å². The highest BCUT2D eigenvalue weighted by atomic mass is 32.2. The van der Waals surface area contributed by atoms with Crippen molar-refractivity contribution in [3.8, 4) is 0 Å². The van der Waals surface area contributed by atoms with Crippen LogP contribution in [0.2, 0.25) is 0 Å². The molecule has 1 heterocycles. The number of nitrogens with zero attached hydrogens (tertiary/aromatic N) is 1. The van der Waals surface area contributed by atoms with Crippen LogP contribution in [0.1, 0.15) is 16.8 Å². The maximum Gasteiger partial charge on any atom is 0.315 e. The molecule has 0 saturated carbocycles. The van der Waals surface area contributed by atoms with E-state index in [0.29, 0.717) is 13.1 Å². The number of carbonyl (C=O) groups excluding carboxylic acids is 2. The zero-order valence-electron chi connectivity index (χ0n) is 11.2. The molecule has 1 atom stereocenters. The van der Waals surface area contributed by atoms with Gasteiger partial charge in [-0.3, -0.25) is 9.59 Å². The molecule has 108 valence electrons. The second-order valence-corrected chi connectivity index (χ2v) is 5.82. The van der Waals surface area contributed by atoms with Gasteiger partial charge < -0.3 is 9.64 Å². The molecule has 1 aromatic rings. The van der Waals surface area contributed by atoms with Crippen LogP contribution in [0.3, 0.4) is 0 Å². The van der Waals surface area contributed by atoms with Gasteiger partial charge in [0.05, 0.1) is 18.4 Å². The maximum atomic E-state index is 13.6. The second-order valence-electron chi connectivity index (χ2n) is 4.53. The van der Waals surface area contributed by atoms with Gasteiger partial charge in [0.2, 0.25) is 0 Å². The molecule has 1 amide bonds. The number of esters is 1. The molecule has 20 heavy (non-hydrogen) atoms. The van der Waals surface area contributed by atoms with Crippen LogP contribution in [0.25, 0.3) is 0 Å². The third-order valence-corrected chi connectivity index (χ3v) is 4.46. The van der Waals surface area contributed by atoms with E-state index in [1.54, 1.807) is 17.0 Å². The van der Waals surface area contributed by atoms with E-state index < -0.39 is 5.82 Å². The molecular formula is C14H16FNO3S. The number of amides is 1. The van der Waals surface area contributed by atoms with Crippen LogP contribution >= 0.6 is 11.8 Å². The standard InChI is InChI=1S/C14H16FNO3S/c1-19-13(17)9-20-10-6-7-16(8-10)14(18)11-4-2-3-5-12(11)15/h2-5,10H,6-9H2,1H3. The number of hydrogen-bond acceptors (Lipinski definition) is 4. The summed E-state index contributed by atoms with van der Waals surface area (Å²) in [6.07, 6.45) is 0.807. The summed E-state index contributed by atoms with van der Waals surface area (Å²) in [6, 6.07) is 5.99. The predicted octanol–water partition coefficient (Wildman–Crippen LogP) is 1.95. The van der Waals surface area contributed by atoms with Crippen molar-refractivity contribution in [3.05, 3.63) is 35.6 Å². The van der Waals surface area contributed by atoms with Crippen LogP contribution < -0.4 is 0 Å². The quantitative estimate of drug-likeness (QED) is 0.797. The number of benzene rings is 1. The van der Waals surface area contributed by atoms with E-state index in [-0.39, 0.29) is 28.4 Å². The van der Waals surface area contributed by atoms with E-state index in [4.69, 9.17) is 0 Å². The Morgan fingerprint density at radius 1 is 1.45 bits per heavy atom. The smallest absolute Gasteiger partial charge is 0.315 e. The van der Waals surface area contributed by atoms with Gasteiger partial charge in [0.15, 0.2) is 0 Å². The molecule has 2 rings (SSSR count). The van der Waals surface area contributed by atoms with Crippen LogP contribution in [-0.4, -0.2) is 48.0 Å². The van der Waals surface area contributed by atoms with Gasteiger partial charge in [0, 0.05) is 18.3 Å². The summed E-state index contributed by atoms with van der Waals surface area (Å²) in [5.41, 5.74) is 0.103. The van der Waals surface area contributed by atoms with Crippen molar-refractivity contribution in [1.29, 1.82) is 0 Å². The van der Waals surface area contributed by atoms with E-state index in [2.05, 4.69) is 4.74 Å². The molecular weight excluding hydrogens is 281 g/mol. The highest BCUT2D eigenvalue weighted by Gasteiger charge is 2.28. The fraction of sp³-hybridized carbons (Fsp3) is 0.429. The van der Waals surface area contributed by atoms with Crippen molar-refractivity contribution in [2.45, 2.75) is 11.7 Å². The lowest BCUT2D eigenvalue weighted by Gasteiger charge is -2.16. The molecule has 1 aliphatic rings. The topological polar surface area (TPSA) is 46.6 Å². The van der Waals surface area contributed by atoms with Gasteiger partial charge in [-0.2, -0.15) is 0 Å². The summed E-state index contributed by atoms with van der Waals surface area (Å²) >= 11 is 1.48. The van der Waals surface area contributed by atoms with Gasteiger partial charge in [-0.1, -0.05) is 12.1 Å². The van der Waals surface area contributed by atoms with Crippen LogP contribution in [0.15, 0.2) is 24.3 Å². The molecule has 1 fully saturated rings. The Bertz CT molecular complexity index is 509.